The summed E-state index contributed by atoms with van der Waals surface area (Å²) in [6, 6.07) is 11.8. The number of hydrogen-bond donors (Lipinski definition) is 3. The normalized spacial score (nSPS) is 15.6. The van der Waals surface area contributed by atoms with Crippen LogP contribution in [0.15, 0.2) is 46.8 Å². The van der Waals surface area contributed by atoms with Gasteiger partial charge in [-0.1, -0.05) is 6.07 Å². The maximum absolute atomic E-state index is 12.2. The lowest BCUT2D eigenvalue weighted by molar-refractivity contribution is 0.0954. The van der Waals surface area contributed by atoms with Crippen molar-refractivity contribution in [2.45, 2.75) is 18.9 Å². The number of ether oxygens (including phenoxy) is 1. The molecule has 0 radical (unpaired) electrons. The number of nitrogens with zero attached hydrogens (tertiary/aromatic N) is 2. The Kier molecular flexibility index (Phi) is 8.53. The third kappa shape index (κ3) is 6.21. The molecule has 1 aromatic carbocycles. The van der Waals surface area contributed by atoms with E-state index in [2.05, 4.69) is 43.4 Å². The van der Waals surface area contributed by atoms with Crippen molar-refractivity contribution in [1.29, 1.82) is 0 Å². The van der Waals surface area contributed by atoms with Gasteiger partial charge in [0, 0.05) is 37.1 Å². The summed E-state index contributed by atoms with van der Waals surface area (Å²) in [4.78, 5) is 20.5. The largest absolute Gasteiger partial charge is 0.497 e. The van der Waals surface area contributed by atoms with E-state index < -0.39 is 0 Å². The number of benzene rings is 1. The molecule has 0 saturated carbocycles. The minimum atomic E-state index is -0.103. The highest BCUT2D eigenvalue weighted by atomic mass is 32.1. The molecule has 1 aliphatic heterocycles. The van der Waals surface area contributed by atoms with Gasteiger partial charge in [-0.3, -0.25) is 14.7 Å². The number of methoxy groups -OCH3 is 1. The predicted octanol–water partition coefficient (Wildman–Crippen LogP) is 2.49. The molecule has 1 saturated heterocycles. The zero-order chi connectivity index (χ0) is 21.2. The van der Waals surface area contributed by atoms with Gasteiger partial charge in [0.15, 0.2) is 5.96 Å². The highest BCUT2D eigenvalue weighted by Gasteiger charge is 2.24. The molecule has 30 heavy (non-hydrogen) atoms. The van der Waals surface area contributed by atoms with Crippen LogP contribution in [-0.2, 0) is 0 Å². The van der Waals surface area contributed by atoms with E-state index in [0.29, 0.717) is 24.7 Å². The first-order valence-electron chi connectivity index (χ1n) is 10.4. The molecule has 7 nitrogen and oxygen atoms in total. The Morgan fingerprint density at radius 2 is 1.87 bits per heavy atom. The lowest BCUT2D eigenvalue weighted by atomic mass is 10.2. The molecule has 1 aliphatic rings. The molecule has 0 bridgehead atoms. The Morgan fingerprint density at radius 1 is 1.13 bits per heavy atom. The Labute approximate surface area is 182 Å². The zero-order valence-corrected chi connectivity index (χ0v) is 18.5. The predicted molar refractivity (Wildman–Crippen MR) is 123 cm³/mol. The van der Waals surface area contributed by atoms with Gasteiger partial charge < -0.3 is 20.7 Å². The van der Waals surface area contributed by atoms with Crippen LogP contribution in [0.5, 0.6) is 5.75 Å². The van der Waals surface area contributed by atoms with Crippen LogP contribution in [-0.4, -0.2) is 63.6 Å². The highest BCUT2D eigenvalue weighted by molar-refractivity contribution is 7.10. The number of carbonyl (C=O) groups excluding carboxylic acids is 1. The number of likely N-dealkylation sites (tertiary alicyclic amines) is 1. The fourth-order valence-electron chi connectivity index (χ4n) is 3.56. The molecule has 1 aromatic heterocycles. The van der Waals surface area contributed by atoms with Crippen LogP contribution in [0, 0.1) is 0 Å². The van der Waals surface area contributed by atoms with E-state index in [1.165, 1.54) is 17.7 Å². The van der Waals surface area contributed by atoms with Crippen molar-refractivity contribution in [3.63, 3.8) is 0 Å². The number of thiophene rings is 1. The maximum Gasteiger partial charge on any atom is 0.251 e. The van der Waals surface area contributed by atoms with Gasteiger partial charge in [0.2, 0.25) is 0 Å². The van der Waals surface area contributed by atoms with Crippen LogP contribution in [0.3, 0.4) is 0 Å². The molecule has 2 heterocycles. The quantitative estimate of drug-likeness (QED) is 0.324. The van der Waals surface area contributed by atoms with E-state index in [4.69, 9.17) is 4.74 Å². The summed E-state index contributed by atoms with van der Waals surface area (Å²) in [5.74, 6) is 1.38. The SMILES string of the molecule is CN=C(NCCNC(=O)c1ccc(OC)cc1)NCC(c1cccs1)N1CCCC1. The average molecular weight is 430 g/mol. The van der Waals surface area contributed by atoms with Crippen molar-refractivity contribution in [1.82, 2.24) is 20.9 Å². The number of nitrogens with one attached hydrogen (secondary N) is 3. The maximum atomic E-state index is 12.2. The molecule has 3 rings (SSSR count). The van der Waals surface area contributed by atoms with E-state index in [1.807, 2.05) is 0 Å². The fraction of sp³-hybridized carbons (Fsp3) is 0.455. The lowest BCUT2D eigenvalue weighted by Gasteiger charge is -2.27. The molecule has 2 aromatic rings. The number of aliphatic imine (C=N–C) groups is 1. The first kappa shape index (κ1) is 22.1. The third-order valence-corrected chi connectivity index (χ3v) is 6.17. The minimum Gasteiger partial charge on any atom is -0.497 e. The number of amides is 1. The fourth-order valence-corrected chi connectivity index (χ4v) is 4.42. The summed E-state index contributed by atoms with van der Waals surface area (Å²) in [5.41, 5.74) is 0.614. The number of guanidine groups is 1. The zero-order valence-electron chi connectivity index (χ0n) is 17.7. The topological polar surface area (TPSA) is 78.0 Å². The summed E-state index contributed by atoms with van der Waals surface area (Å²) in [7, 11) is 3.37. The van der Waals surface area contributed by atoms with Crippen LogP contribution >= 0.6 is 11.3 Å². The highest BCUT2D eigenvalue weighted by Crippen LogP contribution is 2.27. The summed E-state index contributed by atoms with van der Waals surface area (Å²) in [5, 5.41) is 11.8. The number of rotatable bonds is 9. The molecule has 0 spiro atoms. The van der Waals surface area contributed by atoms with Crippen LogP contribution in [0.1, 0.15) is 34.1 Å². The molecule has 0 aliphatic carbocycles. The van der Waals surface area contributed by atoms with Crippen LogP contribution in [0.2, 0.25) is 0 Å². The van der Waals surface area contributed by atoms with Crippen LogP contribution < -0.4 is 20.7 Å². The second kappa shape index (κ2) is 11.6. The van der Waals surface area contributed by atoms with Gasteiger partial charge >= 0.3 is 0 Å². The monoisotopic (exact) mass is 429 g/mol. The second-order valence-corrected chi connectivity index (χ2v) is 8.12. The molecule has 1 unspecified atom stereocenters. The van der Waals surface area contributed by atoms with Crippen LogP contribution in [0.4, 0.5) is 0 Å². The van der Waals surface area contributed by atoms with Gasteiger partial charge in [-0.25, -0.2) is 0 Å². The first-order valence-corrected chi connectivity index (χ1v) is 11.2. The summed E-state index contributed by atoms with van der Waals surface area (Å²) in [6.45, 7) is 4.20. The first-order chi connectivity index (χ1) is 14.7. The standard InChI is InChI=1S/C22H31N5O2S/c1-23-22(25-12-11-24-21(28)17-7-9-18(29-2)10-8-17)26-16-19(20-6-5-15-30-20)27-13-3-4-14-27/h5-10,15,19H,3-4,11-14,16H2,1-2H3,(H,24,28)(H2,23,25,26). The molecular formula is C22H31N5O2S. The van der Waals surface area contributed by atoms with E-state index in [-0.39, 0.29) is 5.91 Å². The van der Waals surface area contributed by atoms with Gasteiger partial charge in [0.1, 0.15) is 5.75 Å². The van der Waals surface area contributed by atoms with Gasteiger partial charge in [0.05, 0.1) is 13.2 Å². The smallest absolute Gasteiger partial charge is 0.251 e. The van der Waals surface area contributed by atoms with E-state index >= 15 is 0 Å². The van der Waals surface area contributed by atoms with Crippen molar-refractivity contribution in [2.24, 2.45) is 4.99 Å². The van der Waals surface area contributed by atoms with Crippen molar-refractivity contribution >= 4 is 23.2 Å². The van der Waals surface area contributed by atoms with Gasteiger partial charge in [0.25, 0.3) is 5.91 Å². The van der Waals surface area contributed by atoms with Crippen molar-refractivity contribution in [3.05, 3.63) is 52.2 Å². The van der Waals surface area contributed by atoms with Crippen molar-refractivity contribution in [2.75, 3.05) is 46.9 Å². The van der Waals surface area contributed by atoms with E-state index in [0.717, 1.165) is 31.3 Å². The summed E-state index contributed by atoms with van der Waals surface area (Å²) >= 11 is 1.80. The molecule has 8 heteroatoms. The average Bonchev–Trinajstić information content (AvgIpc) is 3.50. The van der Waals surface area contributed by atoms with Gasteiger partial charge in [-0.2, -0.15) is 0 Å². The molecule has 1 atom stereocenters. The molecule has 1 fully saturated rings. The summed E-state index contributed by atoms with van der Waals surface area (Å²) in [6.07, 6.45) is 2.53. The summed E-state index contributed by atoms with van der Waals surface area (Å²) < 4.78 is 5.12. The lowest BCUT2D eigenvalue weighted by Crippen LogP contribution is -2.44. The molecule has 3 N–H and O–H groups in total. The Hall–Kier alpha value is -2.58. The Morgan fingerprint density at radius 3 is 2.50 bits per heavy atom. The number of carbonyl (C=O) groups is 1. The Balaban J connectivity index is 1.42. The molecule has 162 valence electrons. The Bertz CT molecular complexity index is 801. The van der Waals surface area contributed by atoms with Gasteiger partial charge in [-0.05, 0) is 61.6 Å². The third-order valence-electron chi connectivity index (χ3n) is 5.19. The van der Waals surface area contributed by atoms with Crippen LogP contribution in [0.25, 0.3) is 0 Å². The number of hydrogen-bond acceptors (Lipinski definition) is 5. The van der Waals surface area contributed by atoms with E-state index in [1.54, 1.807) is 49.8 Å². The molecule has 1 amide bonds. The minimum absolute atomic E-state index is 0.103. The van der Waals surface area contributed by atoms with Gasteiger partial charge in [-0.15, -0.1) is 11.3 Å². The second-order valence-electron chi connectivity index (χ2n) is 7.14. The van der Waals surface area contributed by atoms with Crippen molar-refractivity contribution in [3.8, 4) is 5.75 Å². The van der Waals surface area contributed by atoms with Crippen molar-refractivity contribution < 1.29 is 9.53 Å². The molecular weight excluding hydrogens is 398 g/mol. The van der Waals surface area contributed by atoms with E-state index in [9.17, 15) is 4.79 Å².